The van der Waals surface area contributed by atoms with Crippen molar-refractivity contribution >= 4 is 5.95 Å². The smallest absolute Gasteiger partial charge is 0.225 e. The number of nitrogens with zero attached hydrogens (tertiary/aromatic N) is 4. The second-order valence-electron chi connectivity index (χ2n) is 6.97. The fourth-order valence-corrected chi connectivity index (χ4v) is 3.60. The van der Waals surface area contributed by atoms with Crippen molar-refractivity contribution in [1.82, 2.24) is 15.1 Å². The van der Waals surface area contributed by atoms with Crippen molar-refractivity contribution in [1.29, 1.82) is 0 Å². The second kappa shape index (κ2) is 6.72. The third-order valence-electron chi connectivity index (χ3n) is 4.64. The Morgan fingerprint density at radius 3 is 2.64 bits per heavy atom. The number of aryl methyl sites for hydroxylation is 1. The third-order valence-corrected chi connectivity index (χ3v) is 4.64. The first-order valence-electron chi connectivity index (χ1n) is 8.93. The number of ether oxygens (including phenoxy) is 2. The Morgan fingerprint density at radius 1 is 1.20 bits per heavy atom. The molecule has 2 aromatic heterocycles. The van der Waals surface area contributed by atoms with Crippen LogP contribution in [-0.2, 0) is 9.47 Å². The van der Waals surface area contributed by atoms with Gasteiger partial charge in [0.15, 0.2) is 5.76 Å². The fraction of sp³-hybridized carbons (Fsp3) is 0.611. The van der Waals surface area contributed by atoms with Gasteiger partial charge in [0.25, 0.3) is 0 Å². The van der Waals surface area contributed by atoms with E-state index >= 15 is 0 Å². The first-order valence-corrected chi connectivity index (χ1v) is 8.93. The van der Waals surface area contributed by atoms with Crippen LogP contribution in [0.15, 0.2) is 16.8 Å². The molecule has 0 amide bonds. The fourth-order valence-electron chi connectivity index (χ4n) is 3.60. The normalized spacial score (nSPS) is 27.0. The number of morpholine rings is 1. The highest BCUT2D eigenvalue weighted by Gasteiger charge is 2.28. The molecule has 134 valence electrons. The summed E-state index contributed by atoms with van der Waals surface area (Å²) in [6.45, 7) is 8.41. The molecule has 2 saturated heterocycles. The lowest BCUT2D eigenvalue weighted by molar-refractivity contribution is -0.00576. The van der Waals surface area contributed by atoms with Crippen molar-refractivity contribution in [3.8, 4) is 11.3 Å². The Hall–Kier alpha value is -1.99. The maximum absolute atomic E-state index is 5.90. The quantitative estimate of drug-likeness (QED) is 0.847. The van der Waals surface area contributed by atoms with Gasteiger partial charge < -0.3 is 18.9 Å². The average Bonchev–Trinajstić information content (AvgIpc) is 3.25. The minimum Gasteiger partial charge on any atom is -0.372 e. The van der Waals surface area contributed by atoms with Crippen LogP contribution in [0.5, 0.6) is 0 Å². The minimum atomic E-state index is -0.0157. The van der Waals surface area contributed by atoms with E-state index in [1.54, 1.807) is 0 Å². The summed E-state index contributed by atoms with van der Waals surface area (Å²) in [4.78, 5) is 11.7. The highest BCUT2D eigenvalue weighted by molar-refractivity contribution is 5.61. The van der Waals surface area contributed by atoms with E-state index in [-0.39, 0.29) is 18.3 Å². The van der Waals surface area contributed by atoms with Crippen molar-refractivity contribution in [2.75, 3.05) is 24.6 Å². The largest absolute Gasteiger partial charge is 0.372 e. The first kappa shape index (κ1) is 16.5. The van der Waals surface area contributed by atoms with Gasteiger partial charge in [0.05, 0.1) is 29.2 Å². The molecule has 2 aromatic rings. The summed E-state index contributed by atoms with van der Waals surface area (Å²) in [5.41, 5.74) is 2.60. The average molecular weight is 344 g/mol. The summed E-state index contributed by atoms with van der Waals surface area (Å²) < 4.78 is 17.2. The van der Waals surface area contributed by atoms with Crippen LogP contribution in [0.2, 0.25) is 0 Å². The molecule has 4 rings (SSSR count). The Bertz CT molecular complexity index is 732. The second-order valence-corrected chi connectivity index (χ2v) is 6.97. The molecule has 0 saturated carbocycles. The van der Waals surface area contributed by atoms with Gasteiger partial charge in [-0.2, -0.15) is 0 Å². The third kappa shape index (κ3) is 3.39. The summed E-state index contributed by atoms with van der Waals surface area (Å²) in [7, 11) is 0. The van der Waals surface area contributed by atoms with E-state index < -0.39 is 0 Å². The van der Waals surface area contributed by atoms with Crippen LogP contribution in [0.3, 0.4) is 0 Å². The Kier molecular flexibility index (Phi) is 4.43. The van der Waals surface area contributed by atoms with Crippen LogP contribution in [0.4, 0.5) is 5.95 Å². The highest BCUT2D eigenvalue weighted by atomic mass is 16.5. The summed E-state index contributed by atoms with van der Waals surface area (Å²) in [5.74, 6) is 1.42. The molecule has 0 spiro atoms. The van der Waals surface area contributed by atoms with E-state index in [2.05, 4.69) is 28.9 Å². The zero-order chi connectivity index (χ0) is 17.4. The van der Waals surface area contributed by atoms with Gasteiger partial charge in [0.2, 0.25) is 5.95 Å². The lowest BCUT2D eigenvalue weighted by atomic mass is 10.1. The molecular formula is C18H24N4O3. The molecule has 2 fully saturated rings. The molecule has 7 heteroatoms. The molecule has 0 unspecified atom stereocenters. The van der Waals surface area contributed by atoms with Gasteiger partial charge in [-0.15, -0.1) is 0 Å². The van der Waals surface area contributed by atoms with E-state index in [0.29, 0.717) is 5.76 Å². The topological polar surface area (TPSA) is 73.5 Å². The monoisotopic (exact) mass is 344 g/mol. The van der Waals surface area contributed by atoms with Crippen LogP contribution in [0, 0.1) is 6.92 Å². The van der Waals surface area contributed by atoms with E-state index in [4.69, 9.17) is 19.0 Å². The number of aromatic nitrogens is 3. The summed E-state index contributed by atoms with van der Waals surface area (Å²) in [6.07, 6.45) is 4.16. The van der Waals surface area contributed by atoms with Crippen LogP contribution in [-0.4, -0.2) is 47.0 Å². The molecule has 2 aliphatic rings. The maximum atomic E-state index is 5.90. The van der Waals surface area contributed by atoms with Crippen LogP contribution < -0.4 is 4.90 Å². The molecule has 0 bridgehead atoms. The molecule has 0 radical (unpaired) electrons. The number of hydrogen-bond acceptors (Lipinski definition) is 7. The van der Waals surface area contributed by atoms with E-state index in [9.17, 15) is 0 Å². The van der Waals surface area contributed by atoms with Crippen molar-refractivity contribution in [3.63, 3.8) is 0 Å². The Morgan fingerprint density at radius 2 is 2.00 bits per heavy atom. The van der Waals surface area contributed by atoms with E-state index in [1.807, 2.05) is 19.2 Å². The predicted molar refractivity (Wildman–Crippen MR) is 92.4 cm³/mol. The molecule has 4 heterocycles. The molecule has 2 aliphatic heterocycles. The zero-order valence-corrected chi connectivity index (χ0v) is 14.9. The van der Waals surface area contributed by atoms with Crippen molar-refractivity contribution in [3.05, 3.63) is 23.7 Å². The molecular weight excluding hydrogens is 320 g/mol. The predicted octanol–water partition coefficient (Wildman–Crippen LogP) is 2.91. The van der Waals surface area contributed by atoms with Gasteiger partial charge in [-0.25, -0.2) is 9.97 Å². The summed E-state index contributed by atoms with van der Waals surface area (Å²) >= 11 is 0. The van der Waals surface area contributed by atoms with E-state index in [1.165, 1.54) is 0 Å². The lowest BCUT2D eigenvalue weighted by Gasteiger charge is -2.35. The molecule has 0 aliphatic carbocycles. The Labute approximate surface area is 147 Å². The van der Waals surface area contributed by atoms with Crippen LogP contribution in [0.25, 0.3) is 11.3 Å². The van der Waals surface area contributed by atoms with Crippen molar-refractivity contribution in [2.24, 2.45) is 0 Å². The van der Waals surface area contributed by atoms with Crippen molar-refractivity contribution in [2.45, 2.75) is 51.9 Å². The van der Waals surface area contributed by atoms with E-state index in [0.717, 1.165) is 55.4 Å². The van der Waals surface area contributed by atoms with Gasteiger partial charge in [0, 0.05) is 32.0 Å². The standard InChI is InChI=1S/C18H24N4O3/c1-11-7-16(25-21-11)14-8-19-18(20-17(14)15-5-4-6-23-15)22-9-12(2)24-13(3)10-22/h7-8,12-13,15H,4-6,9-10H2,1-3H3/t12-,13+,15-/m1/s1. The zero-order valence-electron chi connectivity index (χ0n) is 14.9. The number of anilines is 1. The lowest BCUT2D eigenvalue weighted by Crippen LogP contribution is -2.46. The molecule has 0 N–H and O–H groups in total. The first-order chi connectivity index (χ1) is 12.1. The molecule has 3 atom stereocenters. The number of rotatable bonds is 3. The van der Waals surface area contributed by atoms with Crippen LogP contribution in [0.1, 0.15) is 44.2 Å². The van der Waals surface area contributed by atoms with Gasteiger partial charge in [0.1, 0.15) is 6.10 Å². The molecule has 7 nitrogen and oxygen atoms in total. The van der Waals surface area contributed by atoms with Gasteiger partial charge >= 0.3 is 0 Å². The van der Waals surface area contributed by atoms with Gasteiger partial charge in [-0.05, 0) is 33.6 Å². The Balaban J connectivity index is 1.71. The minimum absolute atomic E-state index is 0.0157. The van der Waals surface area contributed by atoms with Crippen LogP contribution >= 0.6 is 0 Å². The summed E-state index contributed by atoms with van der Waals surface area (Å²) in [5, 5.41) is 3.99. The maximum Gasteiger partial charge on any atom is 0.225 e. The summed E-state index contributed by atoms with van der Waals surface area (Å²) in [6, 6.07) is 1.91. The molecule has 25 heavy (non-hydrogen) atoms. The number of hydrogen-bond donors (Lipinski definition) is 0. The highest BCUT2D eigenvalue weighted by Crippen LogP contribution is 2.35. The SMILES string of the molecule is Cc1cc(-c2cnc(N3C[C@@H](C)O[C@@H](C)C3)nc2[C@H]2CCCO2)on1. The van der Waals surface area contributed by atoms with Gasteiger partial charge in [-0.1, -0.05) is 5.16 Å². The molecule has 0 aromatic carbocycles. The van der Waals surface area contributed by atoms with Crippen molar-refractivity contribution < 1.29 is 14.0 Å². The van der Waals surface area contributed by atoms with Gasteiger partial charge in [-0.3, -0.25) is 0 Å².